The molecule has 0 fully saturated rings. The van der Waals surface area contributed by atoms with E-state index in [2.05, 4.69) is 15.3 Å². The van der Waals surface area contributed by atoms with E-state index in [9.17, 15) is 9.59 Å². The van der Waals surface area contributed by atoms with Crippen LogP contribution < -0.4 is 10.1 Å². The molecule has 9 heteroatoms. The molecule has 33 heavy (non-hydrogen) atoms. The molecule has 3 aromatic rings. The molecule has 0 bridgehead atoms. The number of thioether (sulfide) groups is 1. The van der Waals surface area contributed by atoms with Crippen molar-refractivity contribution in [3.8, 4) is 5.75 Å². The topological polar surface area (TPSA) is 84.4 Å². The van der Waals surface area contributed by atoms with Crippen LogP contribution in [-0.2, 0) is 16.1 Å². The number of imide groups is 1. The van der Waals surface area contributed by atoms with Crippen LogP contribution in [-0.4, -0.2) is 33.8 Å². The highest BCUT2D eigenvalue weighted by molar-refractivity contribution is 8.04. The lowest BCUT2D eigenvalue weighted by molar-refractivity contribution is -0.137. The van der Waals surface area contributed by atoms with Crippen LogP contribution in [0.2, 0.25) is 5.02 Å². The van der Waals surface area contributed by atoms with Crippen LogP contribution in [0.25, 0.3) is 0 Å². The lowest BCUT2D eigenvalue weighted by Gasteiger charge is -2.16. The summed E-state index contributed by atoms with van der Waals surface area (Å²) in [6.07, 6.45) is 0. The second-order valence-corrected chi connectivity index (χ2v) is 8.81. The number of hydrogen-bond acceptors (Lipinski definition) is 7. The highest BCUT2D eigenvalue weighted by Crippen LogP contribution is 2.37. The number of aromatic nitrogens is 2. The van der Waals surface area contributed by atoms with E-state index in [1.54, 1.807) is 18.2 Å². The lowest BCUT2D eigenvalue weighted by Crippen LogP contribution is -2.31. The van der Waals surface area contributed by atoms with Crippen LogP contribution in [0.15, 0.2) is 70.4 Å². The quantitative estimate of drug-likeness (QED) is 0.386. The van der Waals surface area contributed by atoms with Gasteiger partial charge in [0.05, 0.1) is 19.3 Å². The molecular formula is C24H21ClN4O3S. The van der Waals surface area contributed by atoms with E-state index in [1.165, 1.54) is 12.0 Å². The van der Waals surface area contributed by atoms with E-state index in [0.29, 0.717) is 21.6 Å². The maximum Gasteiger partial charge on any atom is 0.278 e. The van der Waals surface area contributed by atoms with Gasteiger partial charge in [0.2, 0.25) is 0 Å². The van der Waals surface area contributed by atoms with Crippen LogP contribution in [0, 0.1) is 13.8 Å². The molecule has 0 saturated carbocycles. The third-order valence-electron chi connectivity index (χ3n) is 4.89. The molecule has 1 aromatic heterocycles. The fourth-order valence-electron chi connectivity index (χ4n) is 3.41. The molecule has 2 aromatic carbocycles. The first kappa shape index (κ1) is 22.8. The molecular weight excluding hydrogens is 460 g/mol. The zero-order chi connectivity index (χ0) is 23.5. The van der Waals surface area contributed by atoms with Crippen molar-refractivity contribution in [2.75, 3.05) is 12.4 Å². The van der Waals surface area contributed by atoms with Gasteiger partial charge in [-0.25, -0.2) is 9.97 Å². The molecule has 0 atom stereocenters. The molecule has 1 aliphatic rings. The van der Waals surface area contributed by atoms with Crippen LogP contribution >= 0.6 is 23.4 Å². The van der Waals surface area contributed by atoms with Gasteiger partial charge in [0.15, 0.2) is 5.16 Å². The van der Waals surface area contributed by atoms with Crippen LogP contribution in [0.1, 0.15) is 17.0 Å². The Morgan fingerprint density at radius 3 is 2.36 bits per heavy atom. The van der Waals surface area contributed by atoms with Crippen LogP contribution in [0.5, 0.6) is 5.75 Å². The number of rotatable bonds is 7. The molecule has 168 valence electrons. The molecule has 2 heterocycles. The van der Waals surface area contributed by atoms with E-state index in [1.807, 2.05) is 50.2 Å². The number of anilines is 1. The first-order valence-corrected chi connectivity index (χ1v) is 11.3. The van der Waals surface area contributed by atoms with Gasteiger partial charge in [0.1, 0.15) is 16.4 Å². The molecule has 2 amide bonds. The van der Waals surface area contributed by atoms with Gasteiger partial charge in [-0.15, -0.1) is 0 Å². The highest BCUT2D eigenvalue weighted by atomic mass is 35.5. The molecule has 1 N–H and O–H groups in total. The van der Waals surface area contributed by atoms with Crippen LogP contribution in [0.3, 0.4) is 0 Å². The Morgan fingerprint density at radius 2 is 1.70 bits per heavy atom. The molecule has 7 nitrogen and oxygen atoms in total. The summed E-state index contributed by atoms with van der Waals surface area (Å²) < 4.78 is 5.40. The van der Waals surface area contributed by atoms with Gasteiger partial charge >= 0.3 is 0 Å². The average molecular weight is 481 g/mol. The van der Waals surface area contributed by atoms with Gasteiger partial charge in [0, 0.05) is 16.4 Å². The lowest BCUT2D eigenvalue weighted by atomic mass is 10.2. The Hall–Kier alpha value is -3.36. The second kappa shape index (κ2) is 9.64. The maximum atomic E-state index is 13.4. The summed E-state index contributed by atoms with van der Waals surface area (Å²) in [6, 6.07) is 16.2. The Balaban J connectivity index is 1.74. The summed E-state index contributed by atoms with van der Waals surface area (Å²) in [5.74, 6) is -0.376. The summed E-state index contributed by atoms with van der Waals surface area (Å²) in [4.78, 5) is 37.0. The standard InChI is InChI=1S/C24H21ClN4O3S/c1-14-11-15(2)27-24(26-14)33-21-20(28-18-12-17(25)9-10-19(18)32-3)22(30)29(23(21)31)13-16-7-5-4-6-8-16/h4-12,28H,13H2,1-3H3. The zero-order valence-corrected chi connectivity index (χ0v) is 19.8. The highest BCUT2D eigenvalue weighted by Gasteiger charge is 2.40. The number of aryl methyl sites for hydroxylation is 2. The Morgan fingerprint density at radius 1 is 1.00 bits per heavy atom. The van der Waals surface area contributed by atoms with E-state index >= 15 is 0 Å². The number of carbonyl (C=O) groups is 2. The Kier molecular flexibility index (Phi) is 6.67. The minimum absolute atomic E-state index is 0.129. The minimum atomic E-state index is -0.447. The van der Waals surface area contributed by atoms with E-state index in [-0.39, 0.29) is 17.1 Å². The van der Waals surface area contributed by atoms with Gasteiger partial charge in [0.25, 0.3) is 11.8 Å². The summed E-state index contributed by atoms with van der Waals surface area (Å²) >= 11 is 7.22. The van der Waals surface area contributed by atoms with Crippen molar-refractivity contribution in [1.29, 1.82) is 0 Å². The number of nitrogens with one attached hydrogen (secondary N) is 1. The number of hydrogen-bond donors (Lipinski definition) is 1. The molecule has 1 aliphatic heterocycles. The third kappa shape index (κ3) is 5.02. The SMILES string of the molecule is COc1ccc(Cl)cc1NC1=C(Sc2nc(C)cc(C)n2)C(=O)N(Cc2ccccc2)C1=O. The maximum absolute atomic E-state index is 13.4. The largest absolute Gasteiger partial charge is 0.495 e. The van der Waals surface area contributed by atoms with Gasteiger partial charge < -0.3 is 10.1 Å². The molecule has 0 saturated heterocycles. The minimum Gasteiger partial charge on any atom is -0.495 e. The first-order chi connectivity index (χ1) is 15.9. The number of methoxy groups -OCH3 is 1. The monoisotopic (exact) mass is 480 g/mol. The van der Waals surface area contributed by atoms with Crippen molar-refractivity contribution in [3.63, 3.8) is 0 Å². The van der Waals surface area contributed by atoms with Crippen molar-refractivity contribution < 1.29 is 14.3 Å². The number of ether oxygens (including phenoxy) is 1. The average Bonchev–Trinajstić information content (AvgIpc) is 2.98. The predicted octanol–water partition coefficient (Wildman–Crippen LogP) is 4.74. The molecule has 0 spiro atoms. The van der Waals surface area contributed by atoms with E-state index in [4.69, 9.17) is 16.3 Å². The van der Waals surface area contributed by atoms with Gasteiger partial charge in [-0.1, -0.05) is 41.9 Å². The van der Waals surface area contributed by atoms with Gasteiger partial charge in [-0.2, -0.15) is 0 Å². The number of halogens is 1. The first-order valence-electron chi connectivity index (χ1n) is 10.1. The van der Waals surface area contributed by atoms with Crippen LogP contribution in [0.4, 0.5) is 5.69 Å². The van der Waals surface area contributed by atoms with Gasteiger partial charge in [-0.05, 0) is 55.4 Å². The van der Waals surface area contributed by atoms with Gasteiger partial charge in [-0.3, -0.25) is 14.5 Å². The van der Waals surface area contributed by atoms with E-state index in [0.717, 1.165) is 28.7 Å². The van der Waals surface area contributed by atoms with Crippen molar-refractivity contribution in [3.05, 3.63) is 87.2 Å². The Bertz CT molecular complexity index is 1240. The number of nitrogens with zero attached hydrogens (tertiary/aromatic N) is 3. The molecule has 4 rings (SSSR count). The fraction of sp³-hybridized carbons (Fsp3) is 0.167. The number of benzene rings is 2. The predicted molar refractivity (Wildman–Crippen MR) is 128 cm³/mol. The second-order valence-electron chi connectivity index (χ2n) is 7.39. The van der Waals surface area contributed by atoms with Crippen molar-refractivity contribution >= 4 is 40.9 Å². The zero-order valence-electron chi connectivity index (χ0n) is 18.3. The smallest absolute Gasteiger partial charge is 0.278 e. The summed E-state index contributed by atoms with van der Waals surface area (Å²) in [5.41, 5.74) is 2.99. The summed E-state index contributed by atoms with van der Waals surface area (Å²) in [5, 5.41) is 3.93. The molecule has 0 radical (unpaired) electrons. The summed E-state index contributed by atoms with van der Waals surface area (Å²) in [7, 11) is 1.52. The van der Waals surface area contributed by atoms with Crippen molar-refractivity contribution in [2.45, 2.75) is 25.5 Å². The van der Waals surface area contributed by atoms with Crippen molar-refractivity contribution in [1.82, 2.24) is 14.9 Å². The normalized spacial score (nSPS) is 13.6. The third-order valence-corrected chi connectivity index (χ3v) is 6.07. The number of carbonyl (C=O) groups excluding carboxylic acids is 2. The molecule has 0 aliphatic carbocycles. The fourth-order valence-corrected chi connectivity index (χ4v) is 4.58. The van der Waals surface area contributed by atoms with Crippen molar-refractivity contribution in [2.24, 2.45) is 0 Å². The summed E-state index contributed by atoms with van der Waals surface area (Å²) in [6.45, 7) is 3.85. The van der Waals surface area contributed by atoms with E-state index < -0.39 is 11.8 Å². The number of amides is 2. The Labute approximate surface area is 200 Å². The molecule has 0 unspecified atom stereocenters.